The second-order valence-electron chi connectivity index (χ2n) is 5.22. The summed E-state index contributed by atoms with van der Waals surface area (Å²) in [6.07, 6.45) is 0. The molecule has 1 N–H and O–H groups in total. The summed E-state index contributed by atoms with van der Waals surface area (Å²) in [5.74, 6) is -1.35. The molecule has 0 aromatic heterocycles. The van der Waals surface area contributed by atoms with Crippen molar-refractivity contribution in [3.63, 3.8) is 0 Å². The highest BCUT2D eigenvalue weighted by molar-refractivity contribution is 6.31. The van der Waals surface area contributed by atoms with E-state index in [1.807, 2.05) is 13.8 Å². The first-order chi connectivity index (χ1) is 8.90. The maximum absolute atomic E-state index is 13.0. The Morgan fingerprint density at radius 3 is 2.74 bits per heavy atom. The number of halogens is 2. The lowest BCUT2D eigenvalue weighted by atomic mass is 9.99. The van der Waals surface area contributed by atoms with Crippen LogP contribution in [-0.4, -0.2) is 29.1 Å². The van der Waals surface area contributed by atoms with Crippen LogP contribution < -0.4 is 0 Å². The topological polar surface area (TPSA) is 40.5 Å². The summed E-state index contributed by atoms with van der Waals surface area (Å²) in [4.78, 5) is 13.2. The van der Waals surface area contributed by atoms with Crippen molar-refractivity contribution < 1.29 is 14.3 Å². The summed E-state index contributed by atoms with van der Waals surface area (Å²) < 4.78 is 13.0. The lowest BCUT2D eigenvalue weighted by Crippen LogP contribution is -2.26. The predicted octanol–water partition coefficient (Wildman–Crippen LogP) is 3.19. The molecule has 3 unspecified atom stereocenters. The van der Waals surface area contributed by atoms with Crippen molar-refractivity contribution in [1.29, 1.82) is 0 Å². The van der Waals surface area contributed by atoms with Crippen LogP contribution in [0.25, 0.3) is 0 Å². The lowest BCUT2D eigenvalue weighted by molar-refractivity contribution is -0.142. The van der Waals surface area contributed by atoms with E-state index < -0.39 is 5.97 Å². The highest BCUT2D eigenvalue weighted by Gasteiger charge is 2.37. The summed E-state index contributed by atoms with van der Waals surface area (Å²) in [6.45, 7) is 5.13. The Hall–Kier alpha value is -1.13. The Bertz CT molecular complexity index is 494. The van der Waals surface area contributed by atoms with Crippen LogP contribution in [0.4, 0.5) is 4.39 Å². The van der Waals surface area contributed by atoms with E-state index in [0.29, 0.717) is 18.1 Å². The molecule has 1 aliphatic rings. The molecule has 104 valence electrons. The van der Waals surface area contributed by atoms with Crippen LogP contribution in [0.5, 0.6) is 0 Å². The van der Waals surface area contributed by atoms with Crippen LogP contribution in [-0.2, 0) is 4.79 Å². The van der Waals surface area contributed by atoms with Gasteiger partial charge in [-0.05, 0) is 30.5 Å². The quantitative estimate of drug-likeness (QED) is 0.927. The number of likely N-dealkylation sites (tertiary alicyclic amines) is 1. The van der Waals surface area contributed by atoms with Crippen molar-refractivity contribution in [2.24, 2.45) is 11.8 Å². The molecule has 0 saturated carbocycles. The first-order valence-corrected chi connectivity index (χ1v) is 6.69. The largest absolute Gasteiger partial charge is 0.481 e. The lowest BCUT2D eigenvalue weighted by Gasteiger charge is -2.25. The van der Waals surface area contributed by atoms with Gasteiger partial charge in [-0.3, -0.25) is 9.69 Å². The molecule has 3 nitrogen and oxygen atoms in total. The van der Waals surface area contributed by atoms with Gasteiger partial charge in [0, 0.05) is 24.2 Å². The second-order valence-corrected chi connectivity index (χ2v) is 5.62. The van der Waals surface area contributed by atoms with Gasteiger partial charge in [0.05, 0.1) is 5.92 Å². The Kier molecular flexibility index (Phi) is 4.11. The van der Waals surface area contributed by atoms with E-state index in [1.54, 1.807) is 6.07 Å². The molecule has 19 heavy (non-hydrogen) atoms. The number of rotatable bonds is 3. The molecule has 1 heterocycles. The van der Waals surface area contributed by atoms with E-state index in [1.165, 1.54) is 12.1 Å². The Morgan fingerprint density at radius 1 is 1.53 bits per heavy atom. The van der Waals surface area contributed by atoms with E-state index in [4.69, 9.17) is 16.7 Å². The first kappa shape index (κ1) is 14.3. The monoisotopic (exact) mass is 285 g/mol. The average molecular weight is 286 g/mol. The molecular formula is C14H17ClFNO2. The highest BCUT2D eigenvalue weighted by Crippen LogP contribution is 2.34. The zero-order valence-electron chi connectivity index (χ0n) is 10.9. The number of benzene rings is 1. The predicted molar refractivity (Wildman–Crippen MR) is 71.7 cm³/mol. The molecule has 1 aliphatic heterocycles. The number of aliphatic carboxylic acids is 1. The van der Waals surface area contributed by atoms with Gasteiger partial charge in [0.15, 0.2) is 0 Å². The number of carboxylic acid groups (broad SMARTS) is 1. The number of carboxylic acids is 1. The van der Waals surface area contributed by atoms with Crippen molar-refractivity contribution in [2.45, 2.75) is 19.9 Å². The number of hydrogen-bond acceptors (Lipinski definition) is 2. The van der Waals surface area contributed by atoms with Crippen LogP contribution in [0.15, 0.2) is 18.2 Å². The molecule has 2 rings (SSSR count). The van der Waals surface area contributed by atoms with Gasteiger partial charge >= 0.3 is 5.97 Å². The van der Waals surface area contributed by atoms with Gasteiger partial charge in [-0.1, -0.05) is 24.6 Å². The van der Waals surface area contributed by atoms with Crippen LogP contribution in [0.1, 0.15) is 25.5 Å². The number of carbonyl (C=O) groups is 1. The number of hydrogen-bond donors (Lipinski definition) is 1. The summed E-state index contributed by atoms with van der Waals surface area (Å²) in [5.41, 5.74) is 0.835. The maximum atomic E-state index is 13.0. The van der Waals surface area contributed by atoms with Crippen LogP contribution in [0.2, 0.25) is 5.02 Å². The van der Waals surface area contributed by atoms with Gasteiger partial charge < -0.3 is 5.11 Å². The van der Waals surface area contributed by atoms with Crippen molar-refractivity contribution in [1.82, 2.24) is 4.90 Å². The van der Waals surface area contributed by atoms with E-state index >= 15 is 0 Å². The van der Waals surface area contributed by atoms with E-state index in [0.717, 1.165) is 5.56 Å². The average Bonchev–Trinajstić information content (AvgIpc) is 2.70. The fourth-order valence-electron chi connectivity index (χ4n) is 2.68. The van der Waals surface area contributed by atoms with E-state index in [9.17, 15) is 9.18 Å². The normalized spacial score (nSPS) is 25.5. The van der Waals surface area contributed by atoms with Gasteiger partial charge in [-0.2, -0.15) is 0 Å². The Balaban J connectivity index is 2.17. The van der Waals surface area contributed by atoms with Crippen molar-refractivity contribution in [3.8, 4) is 0 Å². The molecule has 0 radical (unpaired) electrons. The molecule has 0 amide bonds. The third kappa shape index (κ3) is 2.90. The standard InChI is InChI=1S/C14H17ClFNO2/c1-8-6-17(7-12(8)14(18)19)9(2)11-4-3-10(16)5-13(11)15/h3-5,8-9,12H,6-7H2,1-2H3,(H,18,19). The van der Waals surface area contributed by atoms with Gasteiger partial charge in [-0.25, -0.2) is 4.39 Å². The minimum absolute atomic E-state index is 0.0140. The molecular weight excluding hydrogens is 269 g/mol. The Labute approximate surface area is 117 Å². The van der Waals surface area contributed by atoms with Crippen molar-refractivity contribution in [3.05, 3.63) is 34.6 Å². The van der Waals surface area contributed by atoms with Gasteiger partial charge in [0.1, 0.15) is 5.82 Å². The molecule has 1 aromatic carbocycles. The molecule has 0 bridgehead atoms. The van der Waals surface area contributed by atoms with Crippen molar-refractivity contribution in [2.75, 3.05) is 13.1 Å². The molecule has 1 aromatic rings. The molecule has 3 atom stereocenters. The summed E-state index contributed by atoms with van der Waals surface area (Å²) in [5, 5.41) is 9.53. The molecule has 0 spiro atoms. The molecule has 1 fully saturated rings. The summed E-state index contributed by atoms with van der Waals surface area (Å²) in [6, 6.07) is 4.33. The third-order valence-electron chi connectivity index (χ3n) is 3.92. The SMILES string of the molecule is CC1CN(C(C)c2ccc(F)cc2Cl)CC1C(=O)O. The molecule has 0 aliphatic carbocycles. The zero-order chi connectivity index (χ0) is 14.2. The van der Waals surface area contributed by atoms with E-state index in [-0.39, 0.29) is 23.7 Å². The number of nitrogens with zero attached hydrogens (tertiary/aromatic N) is 1. The van der Waals surface area contributed by atoms with Gasteiger partial charge in [0.25, 0.3) is 0 Å². The fraction of sp³-hybridized carbons (Fsp3) is 0.500. The second kappa shape index (κ2) is 5.47. The zero-order valence-corrected chi connectivity index (χ0v) is 11.7. The smallest absolute Gasteiger partial charge is 0.308 e. The minimum Gasteiger partial charge on any atom is -0.481 e. The summed E-state index contributed by atoms with van der Waals surface area (Å²) >= 11 is 6.06. The molecule has 1 saturated heterocycles. The van der Waals surface area contributed by atoms with E-state index in [2.05, 4.69) is 4.90 Å². The van der Waals surface area contributed by atoms with Crippen LogP contribution >= 0.6 is 11.6 Å². The van der Waals surface area contributed by atoms with Crippen molar-refractivity contribution >= 4 is 17.6 Å². The third-order valence-corrected chi connectivity index (χ3v) is 4.25. The Morgan fingerprint density at radius 2 is 2.21 bits per heavy atom. The fourth-order valence-corrected chi connectivity index (χ4v) is 3.00. The highest BCUT2D eigenvalue weighted by atomic mass is 35.5. The first-order valence-electron chi connectivity index (χ1n) is 6.32. The maximum Gasteiger partial charge on any atom is 0.308 e. The summed E-state index contributed by atoms with van der Waals surface area (Å²) in [7, 11) is 0. The molecule has 5 heteroatoms. The van der Waals surface area contributed by atoms with Gasteiger partial charge in [-0.15, -0.1) is 0 Å². The van der Waals surface area contributed by atoms with Crippen LogP contribution in [0.3, 0.4) is 0 Å². The minimum atomic E-state index is -0.757. The van der Waals surface area contributed by atoms with Crippen LogP contribution in [0, 0.1) is 17.7 Å². The van der Waals surface area contributed by atoms with Gasteiger partial charge in [0.2, 0.25) is 0 Å².